The zero-order valence-corrected chi connectivity index (χ0v) is 16.8. The van der Waals surface area contributed by atoms with Gasteiger partial charge < -0.3 is 15.4 Å². The third kappa shape index (κ3) is 5.81. The van der Waals surface area contributed by atoms with Crippen LogP contribution in [-0.2, 0) is 4.74 Å². The Morgan fingerprint density at radius 2 is 2.00 bits per heavy atom. The van der Waals surface area contributed by atoms with Crippen molar-refractivity contribution in [2.75, 3.05) is 51.4 Å². The number of hydrogen-bond donors (Lipinski definition) is 2. The summed E-state index contributed by atoms with van der Waals surface area (Å²) in [7, 11) is 1.87. The fourth-order valence-electron chi connectivity index (χ4n) is 3.47. The van der Waals surface area contributed by atoms with Crippen LogP contribution in [0.5, 0.6) is 0 Å². The van der Waals surface area contributed by atoms with Crippen LogP contribution in [0.4, 0.5) is 0 Å². The maximum atomic E-state index is 5.54. The standard InChI is InChI=1S/C18H36N4OS/c1-15(2)5-6-16(3)21-17(19-4)20-13-18(7-12-24-14-18)22-8-10-23-11-9-22/h15-16H,5-14H2,1-4H3,(H2,19,20,21). The van der Waals surface area contributed by atoms with Gasteiger partial charge in [0.1, 0.15) is 0 Å². The molecule has 2 unspecified atom stereocenters. The van der Waals surface area contributed by atoms with Gasteiger partial charge in [-0.15, -0.1) is 0 Å². The molecule has 0 aromatic rings. The highest BCUT2D eigenvalue weighted by atomic mass is 32.2. The predicted octanol–water partition coefficient (Wildman–Crippen LogP) is 2.18. The Hall–Kier alpha value is -0.460. The molecule has 2 heterocycles. The second-order valence-electron chi connectivity index (χ2n) is 7.57. The van der Waals surface area contributed by atoms with Gasteiger partial charge in [0.2, 0.25) is 0 Å². The van der Waals surface area contributed by atoms with Crippen LogP contribution in [0.1, 0.15) is 40.0 Å². The van der Waals surface area contributed by atoms with Crippen molar-refractivity contribution in [2.45, 2.75) is 51.6 Å². The number of guanidine groups is 1. The highest BCUT2D eigenvalue weighted by Gasteiger charge is 2.40. The van der Waals surface area contributed by atoms with Crippen molar-refractivity contribution in [1.82, 2.24) is 15.5 Å². The summed E-state index contributed by atoms with van der Waals surface area (Å²) in [5.41, 5.74) is 0.257. The van der Waals surface area contributed by atoms with Crippen LogP contribution in [0, 0.1) is 5.92 Å². The zero-order chi connectivity index (χ0) is 17.4. The number of thioether (sulfide) groups is 1. The first-order chi connectivity index (χ1) is 11.6. The van der Waals surface area contributed by atoms with E-state index in [9.17, 15) is 0 Å². The summed E-state index contributed by atoms with van der Waals surface area (Å²) in [5.74, 6) is 4.16. The van der Waals surface area contributed by atoms with E-state index in [0.717, 1.165) is 44.7 Å². The van der Waals surface area contributed by atoms with Crippen molar-refractivity contribution < 1.29 is 4.74 Å². The normalized spacial score (nSPS) is 27.5. The summed E-state index contributed by atoms with van der Waals surface area (Å²) in [6, 6.07) is 0.455. The molecule has 2 saturated heterocycles. The van der Waals surface area contributed by atoms with E-state index >= 15 is 0 Å². The quantitative estimate of drug-likeness (QED) is 0.541. The molecule has 0 aromatic carbocycles. The van der Waals surface area contributed by atoms with Crippen molar-refractivity contribution in [3.63, 3.8) is 0 Å². The molecule has 0 amide bonds. The first-order valence-corrected chi connectivity index (χ1v) is 10.6. The summed E-state index contributed by atoms with van der Waals surface area (Å²) in [5, 5.41) is 7.17. The number of ether oxygens (including phenoxy) is 1. The minimum atomic E-state index is 0.257. The lowest BCUT2D eigenvalue weighted by molar-refractivity contribution is -0.0120. The average Bonchev–Trinajstić information content (AvgIpc) is 3.07. The van der Waals surface area contributed by atoms with Crippen LogP contribution in [0.3, 0.4) is 0 Å². The van der Waals surface area contributed by atoms with Gasteiger partial charge in [-0.3, -0.25) is 9.89 Å². The molecule has 0 spiro atoms. The van der Waals surface area contributed by atoms with E-state index in [4.69, 9.17) is 4.74 Å². The van der Waals surface area contributed by atoms with Gasteiger partial charge in [-0.25, -0.2) is 0 Å². The Morgan fingerprint density at radius 1 is 1.25 bits per heavy atom. The van der Waals surface area contributed by atoms with Gasteiger partial charge in [-0.05, 0) is 37.9 Å². The maximum Gasteiger partial charge on any atom is 0.191 e. The molecule has 24 heavy (non-hydrogen) atoms. The lowest BCUT2D eigenvalue weighted by Gasteiger charge is -2.43. The summed E-state index contributed by atoms with van der Waals surface area (Å²) in [6.07, 6.45) is 3.69. The number of aliphatic imine (C=N–C) groups is 1. The lowest BCUT2D eigenvalue weighted by atomic mass is 9.95. The van der Waals surface area contributed by atoms with Crippen molar-refractivity contribution >= 4 is 17.7 Å². The molecule has 0 aliphatic carbocycles. The van der Waals surface area contributed by atoms with E-state index in [1.165, 1.54) is 30.8 Å². The highest BCUT2D eigenvalue weighted by molar-refractivity contribution is 7.99. The summed E-state index contributed by atoms with van der Waals surface area (Å²) >= 11 is 2.08. The number of hydrogen-bond acceptors (Lipinski definition) is 4. The van der Waals surface area contributed by atoms with Gasteiger partial charge in [0, 0.05) is 44.0 Å². The van der Waals surface area contributed by atoms with Crippen molar-refractivity contribution in [2.24, 2.45) is 10.9 Å². The predicted molar refractivity (Wildman–Crippen MR) is 105 cm³/mol. The van der Waals surface area contributed by atoms with Gasteiger partial charge in [-0.1, -0.05) is 13.8 Å². The molecule has 2 atom stereocenters. The first kappa shape index (κ1) is 19.9. The Kier molecular flexibility index (Phi) is 8.17. The van der Waals surface area contributed by atoms with Crippen LogP contribution >= 0.6 is 11.8 Å². The van der Waals surface area contributed by atoms with Gasteiger partial charge in [0.05, 0.1) is 13.2 Å². The number of morpholine rings is 1. The fraction of sp³-hybridized carbons (Fsp3) is 0.944. The highest BCUT2D eigenvalue weighted by Crippen LogP contribution is 2.33. The summed E-state index contributed by atoms with van der Waals surface area (Å²) in [4.78, 5) is 7.07. The van der Waals surface area contributed by atoms with E-state index in [1.54, 1.807) is 0 Å². The van der Waals surface area contributed by atoms with E-state index in [1.807, 2.05) is 7.05 Å². The van der Waals surface area contributed by atoms with Crippen molar-refractivity contribution in [1.29, 1.82) is 0 Å². The van der Waals surface area contributed by atoms with Crippen molar-refractivity contribution in [3.8, 4) is 0 Å². The number of rotatable bonds is 7. The van der Waals surface area contributed by atoms with Crippen LogP contribution in [0.25, 0.3) is 0 Å². The van der Waals surface area contributed by atoms with Crippen LogP contribution in [-0.4, -0.2) is 73.8 Å². The monoisotopic (exact) mass is 356 g/mol. The van der Waals surface area contributed by atoms with Crippen LogP contribution in [0.2, 0.25) is 0 Å². The van der Waals surface area contributed by atoms with E-state index < -0.39 is 0 Å². The molecule has 2 fully saturated rings. The molecule has 2 aliphatic rings. The first-order valence-electron chi connectivity index (χ1n) is 9.43. The minimum Gasteiger partial charge on any atom is -0.379 e. The molecule has 5 nitrogen and oxygen atoms in total. The van der Waals surface area contributed by atoms with Gasteiger partial charge in [-0.2, -0.15) is 11.8 Å². The molecule has 0 bridgehead atoms. The summed E-state index contributed by atoms with van der Waals surface area (Å²) < 4.78 is 5.54. The number of nitrogens with zero attached hydrogens (tertiary/aromatic N) is 2. The second kappa shape index (κ2) is 9.88. The Bertz CT molecular complexity index is 390. The van der Waals surface area contributed by atoms with Gasteiger partial charge in [0.15, 0.2) is 5.96 Å². The van der Waals surface area contributed by atoms with Gasteiger partial charge >= 0.3 is 0 Å². The molecular weight excluding hydrogens is 320 g/mol. The Labute approximate surface area is 152 Å². The Morgan fingerprint density at radius 3 is 2.58 bits per heavy atom. The third-order valence-corrected chi connectivity index (χ3v) is 6.37. The van der Waals surface area contributed by atoms with Crippen LogP contribution < -0.4 is 10.6 Å². The molecule has 0 saturated carbocycles. The van der Waals surface area contributed by atoms with Crippen LogP contribution in [0.15, 0.2) is 4.99 Å². The molecule has 6 heteroatoms. The Balaban J connectivity index is 1.85. The second-order valence-corrected chi connectivity index (χ2v) is 8.67. The SMILES string of the molecule is CN=C(NCC1(N2CCOCC2)CCSC1)NC(C)CCC(C)C. The van der Waals surface area contributed by atoms with E-state index in [-0.39, 0.29) is 5.54 Å². The lowest BCUT2D eigenvalue weighted by Crippen LogP contribution is -2.60. The topological polar surface area (TPSA) is 48.9 Å². The summed E-state index contributed by atoms with van der Waals surface area (Å²) in [6.45, 7) is 11.6. The molecule has 0 radical (unpaired) electrons. The molecular formula is C18H36N4OS. The van der Waals surface area contributed by atoms with E-state index in [2.05, 4.69) is 53.1 Å². The molecule has 2 N–H and O–H groups in total. The minimum absolute atomic E-state index is 0.257. The third-order valence-electron chi connectivity index (χ3n) is 5.13. The van der Waals surface area contributed by atoms with Gasteiger partial charge in [0.25, 0.3) is 0 Å². The van der Waals surface area contributed by atoms with Crippen molar-refractivity contribution in [3.05, 3.63) is 0 Å². The average molecular weight is 357 g/mol. The fourth-order valence-corrected chi connectivity index (χ4v) is 4.94. The molecule has 0 aromatic heterocycles. The molecule has 140 valence electrons. The maximum absolute atomic E-state index is 5.54. The number of nitrogens with one attached hydrogen (secondary N) is 2. The zero-order valence-electron chi connectivity index (χ0n) is 15.9. The molecule has 2 aliphatic heterocycles. The molecule has 2 rings (SSSR count). The van der Waals surface area contributed by atoms with E-state index in [0.29, 0.717) is 6.04 Å². The largest absolute Gasteiger partial charge is 0.379 e. The smallest absolute Gasteiger partial charge is 0.191 e.